The Hall–Kier alpha value is -2.51. The van der Waals surface area contributed by atoms with Gasteiger partial charge in [0.2, 0.25) is 11.1 Å². The second-order valence-corrected chi connectivity index (χ2v) is 8.24. The number of aryl methyl sites for hydroxylation is 1. The van der Waals surface area contributed by atoms with Gasteiger partial charge in [0.1, 0.15) is 12.4 Å². The van der Waals surface area contributed by atoms with E-state index in [4.69, 9.17) is 16.3 Å². The average molecular weight is 429 g/mol. The maximum atomic E-state index is 12.6. The minimum atomic E-state index is 0.101. The predicted molar refractivity (Wildman–Crippen MR) is 113 cm³/mol. The second kappa shape index (κ2) is 8.88. The Balaban J connectivity index is 1.27. The van der Waals surface area contributed by atoms with Crippen LogP contribution in [-0.4, -0.2) is 38.3 Å². The number of carbonyl (C=O) groups excluding carboxylic acids is 1. The van der Waals surface area contributed by atoms with E-state index in [0.717, 1.165) is 24.3 Å². The maximum Gasteiger partial charge on any atom is 0.233 e. The number of halogens is 1. The number of thioether (sulfide) groups is 1. The lowest BCUT2D eigenvalue weighted by Crippen LogP contribution is -2.37. The first-order valence-corrected chi connectivity index (χ1v) is 10.7. The Morgan fingerprint density at radius 2 is 2.10 bits per heavy atom. The van der Waals surface area contributed by atoms with E-state index in [-0.39, 0.29) is 12.5 Å². The van der Waals surface area contributed by atoms with Gasteiger partial charge in [0.25, 0.3) is 0 Å². The molecule has 1 aliphatic heterocycles. The number of amides is 1. The molecule has 1 amide bonds. The quantitative estimate of drug-likeness (QED) is 0.600. The fourth-order valence-electron chi connectivity index (χ4n) is 3.19. The Morgan fingerprint density at radius 1 is 1.28 bits per heavy atom. The highest BCUT2D eigenvalue weighted by molar-refractivity contribution is 7.99. The topological polar surface area (TPSA) is 71.1 Å². The number of benzene rings is 2. The largest absolute Gasteiger partial charge is 0.486 e. The molecule has 1 N–H and O–H groups in total. The zero-order chi connectivity index (χ0) is 20.2. The first kappa shape index (κ1) is 19.8. The van der Waals surface area contributed by atoms with Crippen LogP contribution >= 0.6 is 23.4 Å². The first-order chi connectivity index (χ1) is 14.1. The third kappa shape index (κ3) is 4.92. The van der Waals surface area contributed by atoms with Crippen molar-refractivity contribution in [3.8, 4) is 5.75 Å². The van der Waals surface area contributed by atoms with Gasteiger partial charge < -0.3 is 9.64 Å². The van der Waals surface area contributed by atoms with Gasteiger partial charge in [-0.15, -0.1) is 5.10 Å². The van der Waals surface area contributed by atoms with Crippen LogP contribution in [0.4, 0.5) is 0 Å². The van der Waals surface area contributed by atoms with Crippen molar-refractivity contribution in [3.63, 3.8) is 0 Å². The number of fused-ring (bicyclic) bond motifs is 1. The number of nitrogens with zero attached hydrogens (tertiary/aromatic N) is 3. The van der Waals surface area contributed by atoms with Gasteiger partial charge in [-0.05, 0) is 48.2 Å². The summed E-state index contributed by atoms with van der Waals surface area (Å²) >= 11 is 7.36. The van der Waals surface area contributed by atoms with Crippen molar-refractivity contribution >= 4 is 29.3 Å². The van der Waals surface area contributed by atoms with E-state index in [1.54, 1.807) is 6.07 Å². The van der Waals surface area contributed by atoms with Gasteiger partial charge in [0.15, 0.2) is 5.82 Å². The molecule has 6 nitrogen and oxygen atoms in total. The molecule has 1 aromatic heterocycles. The van der Waals surface area contributed by atoms with Gasteiger partial charge in [-0.3, -0.25) is 9.89 Å². The first-order valence-electron chi connectivity index (χ1n) is 9.36. The number of H-pyrrole nitrogens is 1. The van der Waals surface area contributed by atoms with Crippen LogP contribution in [0.25, 0.3) is 0 Å². The molecule has 150 valence electrons. The summed E-state index contributed by atoms with van der Waals surface area (Å²) in [6.45, 7) is 3.62. The van der Waals surface area contributed by atoms with Gasteiger partial charge in [-0.1, -0.05) is 47.6 Å². The van der Waals surface area contributed by atoms with Crippen LogP contribution < -0.4 is 4.74 Å². The van der Waals surface area contributed by atoms with Crippen LogP contribution in [0, 0.1) is 6.92 Å². The number of aromatic amines is 1. The summed E-state index contributed by atoms with van der Waals surface area (Å²) in [5, 5.41) is 8.28. The fourth-order valence-corrected chi connectivity index (χ4v) is 4.03. The molecule has 0 aliphatic carbocycles. The highest BCUT2D eigenvalue weighted by atomic mass is 35.5. The lowest BCUT2D eigenvalue weighted by atomic mass is 10.00. The molecule has 4 rings (SSSR count). The lowest BCUT2D eigenvalue weighted by Gasteiger charge is -2.28. The van der Waals surface area contributed by atoms with Crippen LogP contribution in [0.1, 0.15) is 22.5 Å². The molecule has 2 aromatic carbocycles. The molecule has 0 fully saturated rings. The Labute approximate surface area is 178 Å². The molecule has 3 aromatic rings. The molecule has 29 heavy (non-hydrogen) atoms. The smallest absolute Gasteiger partial charge is 0.233 e. The molecule has 2 heterocycles. The summed E-state index contributed by atoms with van der Waals surface area (Å²) in [5.41, 5.74) is 3.52. The number of carbonyl (C=O) groups is 1. The molecule has 0 saturated carbocycles. The third-order valence-corrected chi connectivity index (χ3v) is 6.08. The zero-order valence-electron chi connectivity index (χ0n) is 16.0. The number of hydrogen-bond donors (Lipinski definition) is 1. The van der Waals surface area contributed by atoms with Crippen molar-refractivity contribution in [1.29, 1.82) is 0 Å². The molecular formula is C21H21ClN4O2S. The van der Waals surface area contributed by atoms with Gasteiger partial charge >= 0.3 is 0 Å². The minimum absolute atomic E-state index is 0.101. The van der Waals surface area contributed by atoms with Crippen molar-refractivity contribution in [2.45, 2.75) is 31.7 Å². The predicted octanol–water partition coefficient (Wildman–Crippen LogP) is 4.02. The Morgan fingerprint density at radius 3 is 2.93 bits per heavy atom. The standard InChI is InChI=1S/C21H21ClN4O2S/c1-14-10-17(6-7-18(14)22)28-12-19-23-21(25-24-19)29-13-20(27)26-9-8-15-4-2-3-5-16(15)11-26/h2-7,10H,8-9,11-13H2,1H3,(H,23,24,25). The highest BCUT2D eigenvalue weighted by Gasteiger charge is 2.20. The van der Waals surface area contributed by atoms with Crippen LogP contribution in [-0.2, 0) is 24.4 Å². The highest BCUT2D eigenvalue weighted by Crippen LogP contribution is 2.23. The number of rotatable bonds is 6. The van der Waals surface area contributed by atoms with E-state index in [2.05, 4.69) is 27.3 Å². The lowest BCUT2D eigenvalue weighted by molar-refractivity contribution is -0.129. The molecule has 0 saturated heterocycles. The van der Waals surface area contributed by atoms with E-state index < -0.39 is 0 Å². The Bertz CT molecular complexity index is 1020. The van der Waals surface area contributed by atoms with Crippen LogP contribution in [0.3, 0.4) is 0 Å². The van der Waals surface area contributed by atoms with Crippen LogP contribution in [0.5, 0.6) is 5.75 Å². The van der Waals surface area contributed by atoms with Gasteiger partial charge in [0.05, 0.1) is 5.75 Å². The summed E-state index contributed by atoms with van der Waals surface area (Å²) < 4.78 is 5.72. The maximum absolute atomic E-state index is 12.6. The normalized spacial score (nSPS) is 13.2. The Kier molecular flexibility index (Phi) is 6.06. The van der Waals surface area contributed by atoms with E-state index in [0.29, 0.717) is 28.3 Å². The number of ether oxygens (including phenoxy) is 1. The number of aromatic nitrogens is 3. The monoisotopic (exact) mass is 428 g/mol. The molecule has 0 spiro atoms. The number of hydrogen-bond acceptors (Lipinski definition) is 5. The summed E-state index contributed by atoms with van der Waals surface area (Å²) in [4.78, 5) is 18.9. The SMILES string of the molecule is Cc1cc(OCc2nc(SCC(=O)N3CCc4ccccc4C3)n[nH]2)ccc1Cl. The van der Waals surface area contributed by atoms with Crippen LogP contribution in [0.2, 0.25) is 5.02 Å². The van der Waals surface area contributed by atoms with Crippen molar-refractivity contribution in [1.82, 2.24) is 20.1 Å². The van der Waals surface area contributed by atoms with Crippen molar-refractivity contribution in [3.05, 3.63) is 70.0 Å². The van der Waals surface area contributed by atoms with Crippen molar-refractivity contribution in [2.75, 3.05) is 12.3 Å². The fraction of sp³-hybridized carbons (Fsp3) is 0.286. The minimum Gasteiger partial charge on any atom is -0.486 e. The average Bonchev–Trinajstić information content (AvgIpc) is 3.20. The van der Waals surface area contributed by atoms with Crippen molar-refractivity contribution in [2.24, 2.45) is 0 Å². The molecule has 1 aliphatic rings. The van der Waals surface area contributed by atoms with Crippen LogP contribution in [0.15, 0.2) is 47.6 Å². The summed E-state index contributed by atoms with van der Waals surface area (Å²) in [6, 6.07) is 13.8. The molecule has 0 radical (unpaired) electrons. The van der Waals surface area contributed by atoms with Crippen molar-refractivity contribution < 1.29 is 9.53 Å². The zero-order valence-corrected chi connectivity index (χ0v) is 17.6. The van der Waals surface area contributed by atoms with E-state index in [1.165, 1.54) is 22.9 Å². The second-order valence-electron chi connectivity index (χ2n) is 6.89. The molecular weight excluding hydrogens is 408 g/mol. The van der Waals surface area contributed by atoms with E-state index in [9.17, 15) is 4.79 Å². The van der Waals surface area contributed by atoms with E-state index >= 15 is 0 Å². The third-order valence-electron chi connectivity index (χ3n) is 4.82. The molecule has 8 heteroatoms. The van der Waals surface area contributed by atoms with Gasteiger partial charge in [0, 0.05) is 18.1 Å². The summed E-state index contributed by atoms with van der Waals surface area (Å²) in [7, 11) is 0. The molecule has 0 unspecified atom stereocenters. The summed E-state index contributed by atoms with van der Waals surface area (Å²) in [5.74, 6) is 1.75. The molecule has 0 atom stereocenters. The summed E-state index contributed by atoms with van der Waals surface area (Å²) in [6.07, 6.45) is 0.902. The van der Waals surface area contributed by atoms with E-state index in [1.807, 2.05) is 36.1 Å². The number of nitrogens with one attached hydrogen (secondary N) is 1. The molecule has 0 bridgehead atoms. The van der Waals surface area contributed by atoms with Gasteiger partial charge in [-0.25, -0.2) is 4.98 Å². The van der Waals surface area contributed by atoms with Gasteiger partial charge in [-0.2, -0.15) is 0 Å².